The van der Waals surface area contributed by atoms with Gasteiger partial charge in [-0.3, -0.25) is 0 Å². The van der Waals surface area contributed by atoms with Gasteiger partial charge in [0.25, 0.3) is 0 Å². The van der Waals surface area contributed by atoms with Gasteiger partial charge in [-0.05, 0) is 157 Å². The van der Waals surface area contributed by atoms with E-state index in [1.54, 1.807) is 0 Å². The molecule has 3 heteroatoms. The maximum absolute atomic E-state index is 2.55. The van der Waals surface area contributed by atoms with Crippen molar-refractivity contribution in [3.63, 3.8) is 0 Å². The van der Waals surface area contributed by atoms with Crippen LogP contribution in [0.4, 0.5) is 17.1 Å². The highest BCUT2D eigenvalue weighted by Gasteiger charge is 2.45. The second-order valence-corrected chi connectivity index (χ2v) is 24.2. The van der Waals surface area contributed by atoms with E-state index in [0.717, 1.165) is 17.1 Å². The number of aromatic nitrogens is 2. The van der Waals surface area contributed by atoms with Crippen molar-refractivity contribution in [3.8, 4) is 55.9 Å². The molecule has 2 aromatic heterocycles. The fourth-order valence-corrected chi connectivity index (χ4v) is 13.5. The highest BCUT2D eigenvalue weighted by Crippen LogP contribution is 2.56. The van der Waals surface area contributed by atoms with Crippen molar-refractivity contribution in [1.29, 1.82) is 0 Å². The highest BCUT2D eigenvalue weighted by atomic mass is 15.1. The van der Waals surface area contributed by atoms with Crippen LogP contribution in [-0.2, 0) is 16.2 Å². The molecule has 0 N–H and O–H groups in total. The van der Waals surface area contributed by atoms with Gasteiger partial charge in [-0.15, -0.1) is 0 Å². The lowest BCUT2D eigenvalue weighted by Crippen LogP contribution is -2.16. The van der Waals surface area contributed by atoms with Gasteiger partial charge >= 0.3 is 0 Å². The van der Waals surface area contributed by atoms with Crippen LogP contribution in [0.2, 0.25) is 0 Å². The number of para-hydroxylation sites is 3. The summed E-state index contributed by atoms with van der Waals surface area (Å²) in [7, 11) is 0. The molecule has 3 nitrogen and oxygen atoms in total. The Morgan fingerprint density at radius 1 is 0.316 bits per heavy atom. The van der Waals surface area contributed by atoms with Crippen LogP contribution in [0.5, 0.6) is 0 Å². The van der Waals surface area contributed by atoms with Gasteiger partial charge in [0.05, 0.1) is 33.4 Å². The van der Waals surface area contributed by atoms with E-state index in [-0.39, 0.29) is 16.2 Å². The fourth-order valence-electron chi connectivity index (χ4n) is 13.5. The maximum atomic E-state index is 2.55. The van der Waals surface area contributed by atoms with Crippen molar-refractivity contribution in [1.82, 2.24) is 9.13 Å². The van der Waals surface area contributed by atoms with Gasteiger partial charge in [0, 0.05) is 55.0 Å². The van der Waals surface area contributed by atoms with Crippen LogP contribution in [0.25, 0.3) is 99.5 Å². The van der Waals surface area contributed by atoms with E-state index in [2.05, 4.69) is 305 Å². The monoisotopic (exact) mass is 1020 g/mol. The minimum Gasteiger partial charge on any atom is -0.310 e. The number of anilines is 3. The van der Waals surface area contributed by atoms with Gasteiger partial charge < -0.3 is 14.0 Å². The predicted octanol–water partition coefficient (Wildman–Crippen LogP) is 20.6. The Kier molecular flexibility index (Phi) is 10.2. The zero-order chi connectivity index (χ0) is 53.5. The summed E-state index contributed by atoms with van der Waals surface area (Å²) in [6.07, 6.45) is 0. The Bertz CT molecular complexity index is 4560. The molecule has 380 valence electrons. The second-order valence-electron chi connectivity index (χ2n) is 24.2. The summed E-state index contributed by atoms with van der Waals surface area (Å²) < 4.78 is 5.06. The molecule has 0 unspecified atom stereocenters. The van der Waals surface area contributed by atoms with Crippen LogP contribution < -0.4 is 4.90 Å². The average Bonchev–Trinajstić information content (AvgIpc) is 2.69. The van der Waals surface area contributed by atoms with Crippen molar-refractivity contribution < 1.29 is 0 Å². The van der Waals surface area contributed by atoms with Gasteiger partial charge in [-0.1, -0.05) is 206 Å². The van der Waals surface area contributed by atoms with Crippen LogP contribution >= 0.6 is 0 Å². The molecule has 15 rings (SSSR count). The molecule has 0 saturated carbocycles. The van der Waals surface area contributed by atoms with Gasteiger partial charge in [-0.2, -0.15) is 0 Å². The highest BCUT2D eigenvalue weighted by molar-refractivity contribution is 6.12. The molecule has 0 aliphatic heterocycles. The Morgan fingerprint density at radius 2 is 0.810 bits per heavy atom. The number of fused-ring (bicyclic) bond motifs is 10. The van der Waals surface area contributed by atoms with Gasteiger partial charge in [0.15, 0.2) is 0 Å². The second kappa shape index (κ2) is 17.2. The first-order valence-corrected chi connectivity index (χ1v) is 28.0. The Balaban J connectivity index is 0.845. The maximum Gasteiger partial charge on any atom is 0.0543 e. The van der Waals surface area contributed by atoms with Crippen molar-refractivity contribution in [3.05, 3.63) is 270 Å². The average molecular weight is 1020 g/mol. The minimum atomic E-state index is -0.118. The van der Waals surface area contributed by atoms with Gasteiger partial charge in [-0.25, -0.2) is 0 Å². The molecule has 0 radical (unpaired) electrons. The quantitative estimate of drug-likeness (QED) is 0.148. The summed E-state index contributed by atoms with van der Waals surface area (Å²) in [5.74, 6) is 0. The zero-order valence-electron chi connectivity index (χ0n) is 45.9. The third kappa shape index (κ3) is 7.25. The predicted molar refractivity (Wildman–Crippen MR) is 335 cm³/mol. The first-order valence-electron chi connectivity index (χ1n) is 28.0. The molecule has 0 saturated heterocycles. The molecule has 2 aliphatic carbocycles. The normalized spacial score (nSPS) is 14.0. The van der Waals surface area contributed by atoms with Crippen molar-refractivity contribution in [2.24, 2.45) is 0 Å². The van der Waals surface area contributed by atoms with Gasteiger partial charge in [0.1, 0.15) is 0 Å². The van der Waals surface area contributed by atoms with E-state index in [4.69, 9.17) is 0 Å². The molecular formula is C76H61N3. The molecule has 2 aliphatic rings. The van der Waals surface area contributed by atoms with Crippen molar-refractivity contribution in [2.75, 3.05) is 4.90 Å². The number of hydrogen-bond donors (Lipinski definition) is 0. The largest absolute Gasteiger partial charge is 0.310 e. The SMILES string of the molecule is CC(C)(C)c1ccc(-c2cc(-n3c4ccccc4c4cc(-c5ccc(N(c6ccc(-c7ccccc7)cc6)c6ccc7c(c6)C(C)(C)c6ccccc6-7)cc5)ccc43)c3c(c2)C3(C)C)c(-n2c3ccccc3c3ccccc32)c1. The summed E-state index contributed by atoms with van der Waals surface area (Å²) in [6, 6.07) is 90.9. The Morgan fingerprint density at radius 3 is 1.46 bits per heavy atom. The summed E-state index contributed by atoms with van der Waals surface area (Å²) in [5.41, 5.74) is 27.3. The first kappa shape index (κ1) is 47.1. The summed E-state index contributed by atoms with van der Waals surface area (Å²) >= 11 is 0. The van der Waals surface area contributed by atoms with E-state index in [9.17, 15) is 0 Å². The van der Waals surface area contributed by atoms with Crippen molar-refractivity contribution >= 4 is 60.7 Å². The van der Waals surface area contributed by atoms with E-state index in [0.29, 0.717) is 0 Å². The number of hydrogen-bond acceptors (Lipinski definition) is 1. The first-order chi connectivity index (χ1) is 38.3. The van der Waals surface area contributed by atoms with E-state index < -0.39 is 0 Å². The van der Waals surface area contributed by atoms with Crippen LogP contribution in [0.15, 0.2) is 243 Å². The Hall–Kier alpha value is -9.18. The van der Waals surface area contributed by atoms with E-state index in [1.807, 2.05) is 0 Å². The number of benzene rings is 11. The Labute approximate surface area is 463 Å². The van der Waals surface area contributed by atoms with Crippen LogP contribution in [-0.4, -0.2) is 9.13 Å². The topological polar surface area (TPSA) is 13.1 Å². The molecule has 79 heavy (non-hydrogen) atoms. The molecule has 0 fully saturated rings. The standard InChI is InChI=1S/C76H61N3/c1-74(2,3)53-34-40-57(71(46-53)78-67-26-16-12-22-60(67)61-23-13-17-27-68(61)78)52-44-66-73(76(66,6)7)72(45-52)79-69-28-18-14-24-62(69)63-43-51(33-42-70(63)79)50-31-37-55(38-32-50)77(54-35-29-49(30-36-54)48-19-9-8-10-20-48)56-39-41-59-58-21-11-15-25-64(58)75(4,5)65(59)47-56/h8-47H,1-7H3. The zero-order valence-corrected chi connectivity index (χ0v) is 45.9. The summed E-state index contributed by atoms with van der Waals surface area (Å²) in [4.78, 5) is 2.42. The lowest BCUT2D eigenvalue weighted by molar-refractivity contribution is 0.590. The van der Waals surface area contributed by atoms with E-state index in [1.165, 1.54) is 127 Å². The molecule has 13 aromatic rings. The third-order valence-electron chi connectivity index (χ3n) is 17.8. The molecule has 2 heterocycles. The van der Waals surface area contributed by atoms with Gasteiger partial charge in [0.2, 0.25) is 0 Å². The molecule has 0 bridgehead atoms. The summed E-state index contributed by atoms with van der Waals surface area (Å²) in [6.45, 7) is 16.5. The number of rotatable bonds is 8. The van der Waals surface area contributed by atoms with Crippen LogP contribution in [0.1, 0.15) is 76.3 Å². The van der Waals surface area contributed by atoms with E-state index >= 15 is 0 Å². The molecule has 0 atom stereocenters. The lowest BCUT2D eigenvalue weighted by atomic mass is 9.82. The summed E-state index contributed by atoms with van der Waals surface area (Å²) in [5, 5.41) is 5.04. The molecule has 11 aromatic carbocycles. The smallest absolute Gasteiger partial charge is 0.0543 e. The van der Waals surface area contributed by atoms with Crippen molar-refractivity contribution in [2.45, 2.75) is 64.7 Å². The molecular weight excluding hydrogens is 955 g/mol. The molecule has 0 amide bonds. The lowest BCUT2D eigenvalue weighted by Gasteiger charge is -2.28. The third-order valence-corrected chi connectivity index (χ3v) is 17.8. The van der Waals surface area contributed by atoms with Crippen LogP contribution in [0, 0.1) is 0 Å². The number of nitrogens with zero attached hydrogens (tertiary/aromatic N) is 3. The fraction of sp³-hybridized carbons (Fsp3) is 0.132. The minimum absolute atomic E-state index is 0.0313. The van der Waals surface area contributed by atoms with Crippen LogP contribution in [0.3, 0.4) is 0 Å². The molecule has 0 spiro atoms.